The zero-order valence-corrected chi connectivity index (χ0v) is 11.8. The van der Waals surface area contributed by atoms with E-state index in [1.54, 1.807) is 25.2 Å². The lowest BCUT2D eigenvalue weighted by molar-refractivity contribution is -0.111. The molecule has 2 aromatic rings. The van der Waals surface area contributed by atoms with Crippen molar-refractivity contribution in [1.82, 2.24) is 4.98 Å². The first kappa shape index (κ1) is 12.6. The molecule has 1 aliphatic rings. The van der Waals surface area contributed by atoms with Crippen molar-refractivity contribution >= 4 is 33.0 Å². The molecule has 1 fully saturated rings. The zero-order chi connectivity index (χ0) is 13.6. The summed E-state index contributed by atoms with van der Waals surface area (Å²) < 4.78 is 1.11. The van der Waals surface area contributed by atoms with Crippen LogP contribution in [0.2, 0.25) is 0 Å². The van der Waals surface area contributed by atoms with Gasteiger partial charge in [-0.3, -0.25) is 0 Å². The first-order valence-electron chi connectivity index (χ1n) is 6.31. The molecule has 19 heavy (non-hydrogen) atoms. The van der Waals surface area contributed by atoms with E-state index in [9.17, 15) is 9.90 Å². The van der Waals surface area contributed by atoms with E-state index in [0.29, 0.717) is 0 Å². The number of carbonyl (C=O) groups is 1. The molecular formula is C14H16N2O2S. The number of hydrogen-bond acceptors (Lipinski definition) is 5. The van der Waals surface area contributed by atoms with Crippen LogP contribution in [-0.4, -0.2) is 29.5 Å². The van der Waals surface area contributed by atoms with Gasteiger partial charge in [-0.05, 0) is 31.5 Å². The molecule has 5 heteroatoms. The number of fused-ring (bicyclic) bond motifs is 1. The molecule has 0 aliphatic carbocycles. The van der Waals surface area contributed by atoms with Crippen LogP contribution in [0.3, 0.4) is 0 Å². The van der Waals surface area contributed by atoms with Gasteiger partial charge in [-0.2, -0.15) is 0 Å². The van der Waals surface area contributed by atoms with Gasteiger partial charge < -0.3 is 14.8 Å². The highest BCUT2D eigenvalue weighted by atomic mass is 32.1. The van der Waals surface area contributed by atoms with Gasteiger partial charge in [-0.15, -0.1) is 0 Å². The Kier molecular flexibility index (Phi) is 2.83. The van der Waals surface area contributed by atoms with Crippen LogP contribution in [0, 0.1) is 5.92 Å². The Morgan fingerprint density at radius 2 is 2.21 bits per heavy atom. The smallest absolute Gasteiger partial charge is 0.186 e. The summed E-state index contributed by atoms with van der Waals surface area (Å²) in [5.74, 6) is 0.152. The van der Waals surface area contributed by atoms with E-state index in [1.807, 2.05) is 18.2 Å². The predicted octanol–water partition coefficient (Wildman–Crippen LogP) is 2.16. The van der Waals surface area contributed by atoms with Gasteiger partial charge in [0.2, 0.25) is 0 Å². The molecule has 1 aromatic carbocycles. The van der Waals surface area contributed by atoms with Crippen LogP contribution in [0.4, 0.5) is 5.13 Å². The SMILES string of the molecule is CC(C)(O)c1ccc2sc(N3CC(C=O)C3)nc2c1. The third-order valence-corrected chi connectivity index (χ3v) is 4.55. The number of rotatable bonds is 3. The molecule has 100 valence electrons. The molecule has 0 saturated carbocycles. The Hall–Kier alpha value is -1.46. The van der Waals surface area contributed by atoms with Crippen molar-refractivity contribution < 1.29 is 9.90 Å². The highest BCUT2D eigenvalue weighted by Crippen LogP contribution is 2.34. The second kappa shape index (κ2) is 4.28. The van der Waals surface area contributed by atoms with E-state index >= 15 is 0 Å². The Balaban J connectivity index is 1.91. The van der Waals surface area contributed by atoms with Crippen LogP contribution in [0.15, 0.2) is 18.2 Å². The van der Waals surface area contributed by atoms with Crippen molar-refractivity contribution in [1.29, 1.82) is 0 Å². The lowest BCUT2D eigenvalue weighted by atomic mass is 9.98. The van der Waals surface area contributed by atoms with Gasteiger partial charge in [-0.1, -0.05) is 17.4 Å². The van der Waals surface area contributed by atoms with Crippen LogP contribution in [0.25, 0.3) is 10.2 Å². The summed E-state index contributed by atoms with van der Waals surface area (Å²) in [4.78, 5) is 17.3. The first-order chi connectivity index (χ1) is 8.97. The van der Waals surface area contributed by atoms with Gasteiger partial charge in [0.1, 0.15) is 6.29 Å². The summed E-state index contributed by atoms with van der Waals surface area (Å²) >= 11 is 1.63. The van der Waals surface area contributed by atoms with Crippen molar-refractivity contribution in [2.75, 3.05) is 18.0 Å². The summed E-state index contributed by atoms with van der Waals surface area (Å²) in [7, 11) is 0. The van der Waals surface area contributed by atoms with Crippen LogP contribution >= 0.6 is 11.3 Å². The Morgan fingerprint density at radius 3 is 2.84 bits per heavy atom. The van der Waals surface area contributed by atoms with Gasteiger partial charge in [-0.25, -0.2) is 4.98 Å². The molecule has 0 atom stereocenters. The Bertz CT molecular complexity index is 624. The standard InChI is InChI=1S/C14H16N2O2S/c1-14(2,18)10-3-4-12-11(5-10)15-13(19-12)16-6-9(7-16)8-17/h3-5,8-9,18H,6-7H2,1-2H3. The highest BCUT2D eigenvalue weighted by Gasteiger charge is 2.28. The van der Waals surface area contributed by atoms with E-state index < -0.39 is 5.60 Å². The number of aromatic nitrogens is 1. The maximum atomic E-state index is 10.6. The largest absolute Gasteiger partial charge is 0.386 e. The molecular weight excluding hydrogens is 260 g/mol. The van der Waals surface area contributed by atoms with Crippen LogP contribution in [0.1, 0.15) is 19.4 Å². The summed E-state index contributed by atoms with van der Waals surface area (Å²) in [5, 5.41) is 11.0. The normalized spacial score (nSPS) is 16.7. The van der Waals surface area contributed by atoms with Gasteiger partial charge in [0, 0.05) is 19.0 Å². The minimum Gasteiger partial charge on any atom is -0.386 e. The average molecular weight is 276 g/mol. The van der Waals surface area contributed by atoms with Crippen molar-refractivity contribution in [2.24, 2.45) is 5.92 Å². The second-order valence-corrected chi connectivity index (χ2v) is 6.55. The molecule has 1 N–H and O–H groups in total. The number of hydrogen-bond donors (Lipinski definition) is 1. The Labute approximate surface area is 115 Å². The third-order valence-electron chi connectivity index (χ3n) is 3.46. The van der Waals surface area contributed by atoms with Crippen molar-refractivity contribution in [2.45, 2.75) is 19.4 Å². The highest BCUT2D eigenvalue weighted by molar-refractivity contribution is 7.22. The van der Waals surface area contributed by atoms with Gasteiger partial charge in [0.25, 0.3) is 0 Å². The van der Waals surface area contributed by atoms with Crippen molar-refractivity contribution in [3.8, 4) is 0 Å². The van der Waals surface area contributed by atoms with E-state index in [0.717, 1.165) is 40.3 Å². The molecule has 2 heterocycles. The number of aldehydes is 1. The van der Waals surface area contributed by atoms with E-state index in [2.05, 4.69) is 9.88 Å². The minimum atomic E-state index is -0.850. The van der Waals surface area contributed by atoms with Gasteiger partial charge in [0.15, 0.2) is 5.13 Å². The fourth-order valence-electron chi connectivity index (χ4n) is 2.19. The Morgan fingerprint density at radius 1 is 1.47 bits per heavy atom. The summed E-state index contributed by atoms with van der Waals surface area (Å²) in [5.41, 5.74) is 0.928. The molecule has 1 aliphatic heterocycles. The molecule has 0 bridgehead atoms. The predicted molar refractivity (Wildman–Crippen MR) is 76.6 cm³/mol. The average Bonchev–Trinajstić information content (AvgIpc) is 2.68. The van der Waals surface area contributed by atoms with Gasteiger partial charge in [0.05, 0.1) is 15.8 Å². The number of nitrogens with zero attached hydrogens (tertiary/aromatic N) is 2. The van der Waals surface area contributed by atoms with Gasteiger partial charge >= 0.3 is 0 Å². The zero-order valence-electron chi connectivity index (χ0n) is 11.0. The first-order valence-corrected chi connectivity index (χ1v) is 7.13. The summed E-state index contributed by atoms with van der Waals surface area (Å²) in [6.07, 6.45) is 1.01. The molecule has 1 aromatic heterocycles. The number of anilines is 1. The van der Waals surface area contributed by atoms with E-state index in [4.69, 9.17) is 0 Å². The molecule has 0 spiro atoms. The number of thiazole rings is 1. The van der Waals surface area contributed by atoms with E-state index in [1.165, 1.54) is 0 Å². The molecule has 0 unspecified atom stereocenters. The number of aliphatic hydroxyl groups is 1. The van der Waals surface area contributed by atoms with Crippen LogP contribution in [-0.2, 0) is 10.4 Å². The molecule has 1 saturated heterocycles. The third kappa shape index (κ3) is 2.24. The monoisotopic (exact) mass is 276 g/mol. The fraction of sp³-hybridized carbons (Fsp3) is 0.429. The van der Waals surface area contributed by atoms with Crippen molar-refractivity contribution in [3.05, 3.63) is 23.8 Å². The second-order valence-electron chi connectivity index (χ2n) is 5.54. The molecule has 0 amide bonds. The fourth-order valence-corrected chi connectivity index (χ4v) is 3.15. The molecule has 4 nitrogen and oxygen atoms in total. The maximum Gasteiger partial charge on any atom is 0.186 e. The maximum absolute atomic E-state index is 10.6. The summed E-state index contributed by atoms with van der Waals surface area (Å²) in [6.45, 7) is 5.07. The van der Waals surface area contributed by atoms with Crippen LogP contribution in [0.5, 0.6) is 0 Å². The van der Waals surface area contributed by atoms with Crippen molar-refractivity contribution in [3.63, 3.8) is 0 Å². The molecule has 0 radical (unpaired) electrons. The topological polar surface area (TPSA) is 53.4 Å². The number of carbonyl (C=O) groups excluding carboxylic acids is 1. The quantitative estimate of drug-likeness (QED) is 0.873. The lowest BCUT2D eigenvalue weighted by Gasteiger charge is -2.35. The van der Waals surface area contributed by atoms with Crippen LogP contribution < -0.4 is 4.90 Å². The number of benzene rings is 1. The molecule has 3 rings (SSSR count). The lowest BCUT2D eigenvalue weighted by Crippen LogP contribution is -2.47. The van der Waals surface area contributed by atoms with E-state index in [-0.39, 0.29) is 5.92 Å². The summed E-state index contributed by atoms with van der Waals surface area (Å²) in [6, 6.07) is 5.88. The minimum absolute atomic E-state index is 0.152.